The monoisotopic (exact) mass is 498 g/mol. The van der Waals surface area contributed by atoms with Crippen LogP contribution in [0.25, 0.3) is 0 Å². The number of benzene rings is 1. The molecule has 3 N–H and O–H groups in total. The van der Waals surface area contributed by atoms with Gasteiger partial charge in [0, 0.05) is 30.0 Å². The van der Waals surface area contributed by atoms with Crippen molar-refractivity contribution in [1.29, 1.82) is 0 Å². The fourth-order valence-corrected chi connectivity index (χ4v) is 5.36. The Labute approximate surface area is 205 Å². The van der Waals surface area contributed by atoms with E-state index >= 15 is 0 Å². The first kappa shape index (κ1) is 26.9. The lowest BCUT2D eigenvalue weighted by molar-refractivity contribution is -0.142. The fraction of sp³-hybridized carbons (Fsp3) is 0.654. The summed E-state index contributed by atoms with van der Waals surface area (Å²) in [6, 6.07) is 3.99. The second-order valence-corrected chi connectivity index (χ2v) is 10.0. The molecule has 0 aromatic heterocycles. The van der Waals surface area contributed by atoms with Crippen molar-refractivity contribution in [2.24, 2.45) is 23.7 Å². The molecule has 1 aromatic rings. The number of aliphatic hydroxyl groups is 2. The molecule has 0 radical (unpaired) electrons. The molecule has 1 aromatic carbocycles. The summed E-state index contributed by atoms with van der Waals surface area (Å²) < 4.78 is 25.3. The average molecular weight is 499 g/mol. The largest absolute Gasteiger partial charge is 0.487 e. The minimum Gasteiger partial charge on any atom is -0.487 e. The topological polar surface area (TPSA) is 96.2 Å². The Morgan fingerprint density at radius 1 is 1.35 bits per heavy atom. The van der Waals surface area contributed by atoms with E-state index in [1.54, 1.807) is 6.08 Å². The van der Waals surface area contributed by atoms with Crippen LogP contribution >= 0.6 is 11.6 Å². The molecule has 0 amide bonds. The maximum absolute atomic E-state index is 13.8. The van der Waals surface area contributed by atoms with E-state index in [2.05, 4.69) is 0 Å². The summed E-state index contributed by atoms with van der Waals surface area (Å²) in [4.78, 5) is 11.4. The molecule has 1 unspecified atom stereocenters. The van der Waals surface area contributed by atoms with Crippen LogP contribution in [0, 0.1) is 29.5 Å². The van der Waals surface area contributed by atoms with Crippen molar-refractivity contribution in [3.8, 4) is 5.75 Å². The van der Waals surface area contributed by atoms with Crippen LogP contribution < -0.4 is 4.74 Å². The van der Waals surface area contributed by atoms with Gasteiger partial charge in [0.25, 0.3) is 0 Å². The first-order valence-electron chi connectivity index (χ1n) is 12.2. The molecule has 1 aliphatic carbocycles. The summed E-state index contributed by atoms with van der Waals surface area (Å²) in [5, 5.41) is 30.6. The predicted molar refractivity (Wildman–Crippen MR) is 127 cm³/mol. The number of fused-ring (bicyclic) bond motifs is 1. The van der Waals surface area contributed by atoms with Gasteiger partial charge in [0.1, 0.15) is 12.7 Å². The number of carboxylic acid groups (broad SMARTS) is 1. The van der Waals surface area contributed by atoms with E-state index in [-0.39, 0.29) is 36.2 Å². The zero-order chi connectivity index (χ0) is 24.7. The first-order valence-corrected chi connectivity index (χ1v) is 12.6. The summed E-state index contributed by atoms with van der Waals surface area (Å²) in [5.41, 5.74) is 0. The Morgan fingerprint density at radius 3 is 2.88 bits per heavy atom. The highest BCUT2D eigenvalue weighted by atomic mass is 35.5. The zero-order valence-electron chi connectivity index (χ0n) is 19.6. The number of hydrogen-bond acceptors (Lipinski definition) is 5. The normalized spacial score (nSPS) is 28.9. The Morgan fingerprint density at radius 2 is 2.15 bits per heavy atom. The third-order valence-corrected chi connectivity index (χ3v) is 7.35. The van der Waals surface area contributed by atoms with Crippen LogP contribution in [0.5, 0.6) is 5.75 Å². The van der Waals surface area contributed by atoms with Crippen molar-refractivity contribution < 1.29 is 34.0 Å². The molecule has 1 heterocycles. The lowest BCUT2D eigenvalue weighted by Crippen LogP contribution is -2.22. The van der Waals surface area contributed by atoms with E-state index in [9.17, 15) is 24.5 Å². The summed E-state index contributed by atoms with van der Waals surface area (Å²) in [7, 11) is 0. The van der Waals surface area contributed by atoms with Crippen molar-refractivity contribution in [3.05, 3.63) is 41.2 Å². The lowest BCUT2D eigenvalue weighted by Gasteiger charge is -2.21. The highest BCUT2D eigenvalue weighted by Crippen LogP contribution is 2.42. The van der Waals surface area contributed by atoms with Crippen LogP contribution in [0.15, 0.2) is 30.4 Å². The van der Waals surface area contributed by atoms with Gasteiger partial charge in [-0.3, -0.25) is 4.79 Å². The number of rotatable bonds is 11. The van der Waals surface area contributed by atoms with Gasteiger partial charge < -0.3 is 24.8 Å². The lowest BCUT2D eigenvalue weighted by atomic mass is 9.85. The molecular formula is C26H36ClFO6. The Hall–Kier alpha value is -1.67. The van der Waals surface area contributed by atoms with Crippen molar-refractivity contribution in [1.82, 2.24) is 0 Å². The molecule has 6 nitrogen and oxygen atoms in total. The van der Waals surface area contributed by atoms with Gasteiger partial charge in [0.2, 0.25) is 0 Å². The van der Waals surface area contributed by atoms with E-state index in [0.717, 1.165) is 25.7 Å². The number of ether oxygens (including phenoxy) is 2. The molecule has 34 heavy (non-hydrogen) atoms. The molecule has 1 aliphatic heterocycles. The number of carbonyl (C=O) groups is 1. The highest BCUT2D eigenvalue weighted by molar-refractivity contribution is 6.30. The molecule has 0 spiro atoms. The van der Waals surface area contributed by atoms with Crippen molar-refractivity contribution in [2.75, 3.05) is 13.2 Å². The molecule has 2 aliphatic rings. The second kappa shape index (κ2) is 12.9. The van der Waals surface area contributed by atoms with E-state index in [4.69, 9.17) is 21.1 Å². The van der Waals surface area contributed by atoms with Crippen LogP contribution in [0.1, 0.15) is 51.9 Å². The molecule has 2 fully saturated rings. The van der Waals surface area contributed by atoms with Gasteiger partial charge >= 0.3 is 5.97 Å². The molecule has 3 rings (SSSR count). The minimum absolute atomic E-state index is 0.0202. The standard InChI is InChI=1S/C26H36ClFO6/c1-2-3-17(26(31)32)6-4-16-5-9-21-20(23(30)13-24(21)33-14-16)10-8-19(29)15-34-25-12-18(27)7-11-22(25)28/h7-8,10-12,16-17,19-21,23-24,29-30H,2-6,9,13-15H2,1H3,(H,31,32)/b10-8+/t16-,17?,19-,20-,21-,23-,24+/m1/s1. The molecule has 190 valence electrons. The molecule has 0 bridgehead atoms. The van der Waals surface area contributed by atoms with E-state index in [1.165, 1.54) is 18.2 Å². The zero-order valence-corrected chi connectivity index (χ0v) is 20.4. The third-order valence-electron chi connectivity index (χ3n) is 7.11. The predicted octanol–water partition coefficient (Wildman–Crippen LogP) is 4.85. The molecule has 7 atom stereocenters. The highest BCUT2D eigenvalue weighted by Gasteiger charge is 2.43. The first-order chi connectivity index (χ1) is 16.3. The molecule has 1 saturated heterocycles. The molecular weight excluding hydrogens is 463 g/mol. The van der Waals surface area contributed by atoms with Gasteiger partial charge in [-0.1, -0.05) is 37.1 Å². The Bertz CT molecular complexity index is 834. The summed E-state index contributed by atoms with van der Waals surface area (Å²) >= 11 is 5.86. The van der Waals surface area contributed by atoms with Gasteiger partial charge in [0.15, 0.2) is 11.6 Å². The van der Waals surface area contributed by atoms with Crippen LogP contribution in [0.2, 0.25) is 5.02 Å². The van der Waals surface area contributed by atoms with Gasteiger partial charge in [-0.05, 0) is 56.1 Å². The van der Waals surface area contributed by atoms with Crippen LogP contribution in [0.4, 0.5) is 4.39 Å². The number of carboxylic acids is 1. The SMILES string of the molecule is CCCC(CC[C@@H]1CC[C@@H]2[C@@H](/C=C/[C@@H](O)COc3cc(Cl)ccc3F)[C@H](O)C[C@@H]2OC1)C(=O)O. The van der Waals surface area contributed by atoms with Crippen molar-refractivity contribution >= 4 is 17.6 Å². The van der Waals surface area contributed by atoms with Crippen LogP contribution in [0.3, 0.4) is 0 Å². The maximum Gasteiger partial charge on any atom is 0.306 e. The Balaban J connectivity index is 1.51. The minimum atomic E-state index is -0.962. The maximum atomic E-state index is 13.8. The van der Waals surface area contributed by atoms with Crippen molar-refractivity contribution in [2.45, 2.75) is 70.2 Å². The quantitative estimate of drug-likeness (QED) is 0.377. The number of hydrogen-bond donors (Lipinski definition) is 3. The van der Waals surface area contributed by atoms with E-state index < -0.39 is 24.0 Å². The third kappa shape index (κ3) is 7.41. The van der Waals surface area contributed by atoms with Gasteiger partial charge in [-0.15, -0.1) is 0 Å². The molecule has 1 saturated carbocycles. The van der Waals surface area contributed by atoms with Gasteiger partial charge in [-0.2, -0.15) is 0 Å². The number of halogens is 2. The second-order valence-electron chi connectivity index (χ2n) is 9.60. The number of aliphatic hydroxyl groups excluding tert-OH is 2. The van der Waals surface area contributed by atoms with Crippen molar-refractivity contribution in [3.63, 3.8) is 0 Å². The fourth-order valence-electron chi connectivity index (χ4n) is 5.19. The Kier molecular flexibility index (Phi) is 10.2. The van der Waals surface area contributed by atoms with Gasteiger partial charge in [-0.25, -0.2) is 4.39 Å². The van der Waals surface area contributed by atoms with Crippen LogP contribution in [-0.4, -0.2) is 52.8 Å². The van der Waals surface area contributed by atoms with Gasteiger partial charge in [0.05, 0.1) is 18.1 Å². The smallest absolute Gasteiger partial charge is 0.306 e. The summed E-state index contributed by atoms with van der Waals surface area (Å²) in [6.45, 7) is 2.46. The summed E-state index contributed by atoms with van der Waals surface area (Å²) in [5.74, 6) is -1.28. The average Bonchev–Trinajstić information content (AvgIpc) is 2.96. The summed E-state index contributed by atoms with van der Waals surface area (Å²) in [6.07, 6.45) is 7.25. The van der Waals surface area contributed by atoms with E-state index in [0.29, 0.717) is 36.8 Å². The molecule has 8 heteroatoms. The number of aliphatic carboxylic acids is 1. The van der Waals surface area contributed by atoms with E-state index in [1.807, 2.05) is 13.0 Å². The van der Waals surface area contributed by atoms with Crippen LogP contribution in [-0.2, 0) is 9.53 Å².